The van der Waals surface area contributed by atoms with Crippen LogP contribution in [0.15, 0.2) is 0 Å². The van der Waals surface area contributed by atoms with Crippen LogP contribution in [0.2, 0.25) is 0 Å². The molecule has 2 fully saturated rings. The van der Waals surface area contributed by atoms with Crippen LogP contribution in [0, 0.1) is 5.92 Å². The van der Waals surface area contributed by atoms with Crippen molar-refractivity contribution in [3.05, 3.63) is 0 Å². The van der Waals surface area contributed by atoms with E-state index in [1.54, 1.807) is 0 Å². The Morgan fingerprint density at radius 1 is 1.11 bits per heavy atom. The van der Waals surface area contributed by atoms with Gasteiger partial charge in [-0.1, -0.05) is 12.8 Å². The Kier molecular flexibility index (Phi) is 4.58. The molecule has 0 radical (unpaired) electrons. The number of nitrogens with zero attached hydrogens (tertiary/aromatic N) is 1. The van der Waals surface area contributed by atoms with E-state index in [0.717, 1.165) is 25.7 Å². The number of hydrogen-bond donors (Lipinski definition) is 1. The molecule has 1 saturated carbocycles. The van der Waals surface area contributed by atoms with Gasteiger partial charge in [-0.25, -0.2) is 4.79 Å². The highest BCUT2D eigenvalue weighted by molar-refractivity contribution is 5.79. The maximum atomic E-state index is 12.2. The van der Waals surface area contributed by atoms with Crippen LogP contribution in [0.25, 0.3) is 0 Å². The van der Waals surface area contributed by atoms with E-state index in [4.69, 9.17) is 9.84 Å². The normalized spacial score (nSPS) is 22.3. The molecule has 0 bridgehead atoms. The van der Waals surface area contributed by atoms with Crippen molar-refractivity contribution in [2.24, 2.45) is 5.92 Å². The zero-order valence-corrected chi connectivity index (χ0v) is 10.6. The lowest BCUT2D eigenvalue weighted by molar-refractivity contribution is -0.147. The average Bonchev–Trinajstić information content (AvgIpc) is 2.90. The van der Waals surface area contributed by atoms with Crippen molar-refractivity contribution in [1.29, 1.82) is 0 Å². The third-order valence-electron chi connectivity index (χ3n) is 3.90. The fourth-order valence-corrected chi connectivity index (χ4v) is 2.86. The van der Waals surface area contributed by atoms with Crippen LogP contribution in [0.4, 0.5) is 0 Å². The van der Waals surface area contributed by atoms with Crippen LogP contribution in [0.3, 0.4) is 0 Å². The van der Waals surface area contributed by atoms with Gasteiger partial charge in [0.2, 0.25) is 5.91 Å². The van der Waals surface area contributed by atoms with Gasteiger partial charge >= 0.3 is 5.97 Å². The minimum atomic E-state index is -0.931. The minimum absolute atomic E-state index is 0.00581. The van der Waals surface area contributed by atoms with Crippen molar-refractivity contribution in [2.45, 2.75) is 44.6 Å². The summed E-state index contributed by atoms with van der Waals surface area (Å²) in [5, 5.41) is 8.54. The standard InChI is InChI=1S/C13H21NO4/c15-12(16)9-18-11-5-7-14(8-6-11)13(17)10-3-1-2-4-10/h10-11H,1-9H2,(H,15,16). The lowest BCUT2D eigenvalue weighted by atomic mass is 10.0. The molecular formula is C13H21NO4. The summed E-state index contributed by atoms with van der Waals surface area (Å²) in [6.45, 7) is 1.18. The van der Waals surface area contributed by atoms with E-state index in [0.29, 0.717) is 19.0 Å². The number of carbonyl (C=O) groups is 2. The van der Waals surface area contributed by atoms with Gasteiger partial charge in [-0.2, -0.15) is 0 Å². The Bertz CT molecular complexity index is 304. The number of carboxylic acids is 1. The van der Waals surface area contributed by atoms with Gasteiger partial charge in [-0.3, -0.25) is 4.79 Å². The molecule has 1 aliphatic heterocycles. The number of likely N-dealkylation sites (tertiary alicyclic amines) is 1. The van der Waals surface area contributed by atoms with E-state index < -0.39 is 5.97 Å². The van der Waals surface area contributed by atoms with Gasteiger partial charge in [0.15, 0.2) is 0 Å². The first-order chi connectivity index (χ1) is 8.66. The number of aliphatic carboxylic acids is 1. The average molecular weight is 255 g/mol. The highest BCUT2D eigenvalue weighted by Gasteiger charge is 2.30. The molecule has 1 amide bonds. The quantitative estimate of drug-likeness (QED) is 0.821. The van der Waals surface area contributed by atoms with Crippen molar-refractivity contribution < 1.29 is 19.4 Å². The summed E-state index contributed by atoms with van der Waals surface area (Å²) >= 11 is 0. The van der Waals surface area contributed by atoms with Crippen LogP contribution in [-0.2, 0) is 14.3 Å². The fraction of sp³-hybridized carbons (Fsp3) is 0.846. The van der Waals surface area contributed by atoms with Crippen LogP contribution in [0.1, 0.15) is 38.5 Å². The van der Waals surface area contributed by atoms with Crippen molar-refractivity contribution in [1.82, 2.24) is 4.90 Å². The first kappa shape index (κ1) is 13.3. The number of hydrogen-bond acceptors (Lipinski definition) is 3. The molecule has 0 spiro atoms. The number of carbonyl (C=O) groups excluding carboxylic acids is 1. The largest absolute Gasteiger partial charge is 0.480 e. The minimum Gasteiger partial charge on any atom is -0.480 e. The zero-order chi connectivity index (χ0) is 13.0. The van der Waals surface area contributed by atoms with Gasteiger partial charge in [-0.15, -0.1) is 0 Å². The molecule has 5 heteroatoms. The van der Waals surface area contributed by atoms with Gasteiger partial charge < -0.3 is 14.7 Å². The second-order valence-electron chi connectivity index (χ2n) is 5.21. The lowest BCUT2D eigenvalue weighted by Crippen LogP contribution is -2.43. The predicted molar refractivity (Wildman–Crippen MR) is 65.1 cm³/mol. The molecule has 5 nitrogen and oxygen atoms in total. The molecule has 1 heterocycles. The Labute approximate surface area is 107 Å². The van der Waals surface area contributed by atoms with Crippen LogP contribution in [0.5, 0.6) is 0 Å². The molecule has 0 unspecified atom stereocenters. The van der Waals surface area contributed by atoms with E-state index in [1.807, 2.05) is 4.90 Å². The summed E-state index contributed by atoms with van der Waals surface area (Å²) in [5.41, 5.74) is 0. The molecule has 0 atom stereocenters. The fourth-order valence-electron chi connectivity index (χ4n) is 2.86. The van der Waals surface area contributed by atoms with E-state index in [1.165, 1.54) is 12.8 Å². The van der Waals surface area contributed by atoms with E-state index in [-0.39, 0.29) is 18.6 Å². The summed E-state index contributed by atoms with van der Waals surface area (Å²) in [7, 11) is 0. The Hall–Kier alpha value is -1.10. The number of rotatable bonds is 4. The smallest absolute Gasteiger partial charge is 0.329 e. The first-order valence-corrected chi connectivity index (χ1v) is 6.79. The molecule has 1 aliphatic carbocycles. The Balaban J connectivity index is 1.72. The molecule has 0 aromatic heterocycles. The summed E-state index contributed by atoms with van der Waals surface area (Å²) in [4.78, 5) is 24.5. The summed E-state index contributed by atoms with van der Waals surface area (Å²) < 4.78 is 5.26. The topological polar surface area (TPSA) is 66.8 Å². The van der Waals surface area contributed by atoms with Gasteiger partial charge in [0, 0.05) is 19.0 Å². The molecule has 2 rings (SSSR count). The van der Waals surface area contributed by atoms with Crippen molar-refractivity contribution in [3.63, 3.8) is 0 Å². The molecule has 1 N–H and O–H groups in total. The Morgan fingerprint density at radius 3 is 2.28 bits per heavy atom. The monoisotopic (exact) mass is 255 g/mol. The lowest BCUT2D eigenvalue weighted by Gasteiger charge is -2.33. The second kappa shape index (κ2) is 6.18. The number of piperidine rings is 1. The van der Waals surface area contributed by atoms with Gasteiger partial charge in [0.25, 0.3) is 0 Å². The van der Waals surface area contributed by atoms with E-state index in [9.17, 15) is 9.59 Å². The van der Waals surface area contributed by atoms with Gasteiger partial charge in [0.05, 0.1) is 6.10 Å². The van der Waals surface area contributed by atoms with E-state index in [2.05, 4.69) is 0 Å². The van der Waals surface area contributed by atoms with Crippen molar-refractivity contribution in [2.75, 3.05) is 19.7 Å². The van der Waals surface area contributed by atoms with Crippen LogP contribution >= 0.6 is 0 Å². The van der Waals surface area contributed by atoms with E-state index >= 15 is 0 Å². The third kappa shape index (κ3) is 3.45. The highest BCUT2D eigenvalue weighted by atomic mass is 16.5. The van der Waals surface area contributed by atoms with Gasteiger partial charge in [-0.05, 0) is 25.7 Å². The Morgan fingerprint density at radius 2 is 1.72 bits per heavy atom. The second-order valence-corrected chi connectivity index (χ2v) is 5.21. The zero-order valence-electron chi connectivity index (χ0n) is 10.6. The predicted octanol–water partition coefficient (Wildman–Crippen LogP) is 1.27. The van der Waals surface area contributed by atoms with Crippen molar-refractivity contribution >= 4 is 11.9 Å². The molecule has 102 valence electrons. The van der Waals surface area contributed by atoms with Crippen LogP contribution < -0.4 is 0 Å². The molecule has 2 aliphatic rings. The maximum absolute atomic E-state index is 12.2. The maximum Gasteiger partial charge on any atom is 0.329 e. The number of carboxylic acid groups (broad SMARTS) is 1. The molecule has 0 aromatic carbocycles. The summed E-state index contributed by atoms with van der Waals surface area (Å²) in [6.07, 6.45) is 5.93. The van der Waals surface area contributed by atoms with Gasteiger partial charge in [0.1, 0.15) is 6.61 Å². The van der Waals surface area contributed by atoms with Crippen molar-refractivity contribution in [3.8, 4) is 0 Å². The summed E-state index contributed by atoms with van der Waals surface area (Å²) in [5.74, 6) is -0.398. The molecule has 1 saturated heterocycles. The SMILES string of the molecule is O=C(O)COC1CCN(C(=O)C2CCCC2)CC1. The number of amides is 1. The first-order valence-electron chi connectivity index (χ1n) is 6.79. The highest BCUT2D eigenvalue weighted by Crippen LogP contribution is 2.27. The third-order valence-corrected chi connectivity index (χ3v) is 3.90. The molecule has 0 aromatic rings. The molecule has 18 heavy (non-hydrogen) atoms. The summed E-state index contributed by atoms with van der Waals surface area (Å²) in [6, 6.07) is 0. The molecular weight excluding hydrogens is 234 g/mol. The van der Waals surface area contributed by atoms with Crippen LogP contribution in [-0.4, -0.2) is 47.7 Å². The number of ether oxygens (including phenoxy) is 1.